The molecule has 1 saturated heterocycles. The molecule has 0 spiro atoms. The Balaban J connectivity index is 0.000000215. The molecule has 0 N–H and O–H groups in total. The Morgan fingerprint density at radius 3 is 1.77 bits per heavy atom. The molecule has 0 radical (unpaired) electrons. The van der Waals surface area contributed by atoms with Crippen molar-refractivity contribution in [3.63, 3.8) is 0 Å². The van der Waals surface area contributed by atoms with Gasteiger partial charge >= 0.3 is 18.9 Å². The maximum absolute atomic E-state index is 4.94. The second-order valence-electron chi connectivity index (χ2n) is 2.81. The van der Waals surface area contributed by atoms with Crippen molar-refractivity contribution in [3.05, 3.63) is 42.8 Å². The van der Waals surface area contributed by atoms with Gasteiger partial charge in [-0.2, -0.15) is 24.6 Å². The van der Waals surface area contributed by atoms with Crippen molar-refractivity contribution in [1.29, 1.82) is 0 Å². The van der Waals surface area contributed by atoms with Crippen LogP contribution in [-0.4, -0.2) is 13.2 Å². The van der Waals surface area contributed by atoms with Gasteiger partial charge in [-0.3, -0.25) is 0 Å². The summed E-state index contributed by atoms with van der Waals surface area (Å²) in [7, 11) is 0. The van der Waals surface area contributed by atoms with Crippen molar-refractivity contribution >= 4 is 0 Å². The van der Waals surface area contributed by atoms with Gasteiger partial charge in [0.25, 0.3) is 0 Å². The van der Waals surface area contributed by atoms with Crippen LogP contribution in [0.1, 0.15) is 18.4 Å². The SMILES string of the molecule is C1CCOC1.[CH2-]c1ccccc1.[Li+]. The zero-order chi connectivity index (χ0) is 8.65. The van der Waals surface area contributed by atoms with E-state index in [9.17, 15) is 0 Å². The van der Waals surface area contributed by atoms with Crippen LogP contribution in [0.5, 0.6) is 0 Å². The number of hydrogen-bond donors (Lipinski definition) is 0. The van der Waals surface area contributed by atoms with Crippen LogP contribution in [0.4, 0.5) is 0 Å². The van der Waals surface area contributed by atoms with Crippen molar-refractivity contribution in [3.8, 4) is 0 Å². The monoisotopic (exact) mass is 170 g/mol. The summed E-state index contributed by atoms with van der Waals surface area (Å²) in [6.45, 7) is 5.72. The van der Waals surface area contributed by atoms with E-state index in [4.69, 9.17) is 4.74 Å². The van der Waals surface area contributed by atoms with E-state index in [0.717, 1.165) is 18.8 Å². The molecule has 1 aromatic rings. The fourth-order valence-electron chi connectivity index (χ4n) is 0.988. The van der Waals surface area contributed by atoms with Gasteiger partial charge in [-0.05, 0) is 12.8 Å². The Kier molecular flexibility index (Phi) is 8.03. The van der Waals surface area contributed by atoms with Gasteiger partial charge in [-0.1, -0.05) is 6.07 Å². The van der Waals surface area contributed by atoms with E-state index in [1.54, 1.807) is 0 Å². The quantitative estimate of drug-likeness (QED) is 0.382. The summed E-state index contributed by atoms with van der Waals surface area (Å²) in [4.78, 5) is 0. The summed E-state index contributed by atoms with van der Waals surface area (Å²) in [5.41, 5.74) is 1.07. The minimum atomic E-state index is 0. The topological polar surface area (TPSA) is 9.23 Å². The fraction of sp³-hybridized carbons (Fsp3) is 0.364. The van der Waals surface area contributed by atoms with Gasteiger partial charge in [-0.25, -0.2) is 0 Å². The predicted molar refractivity (Wildman–Crippen MR) is 51.0 cm³/mol. The zero-order valence-corrected chi connectivity index (χ0v) is 8.33. The summed E-state index contributed by atoms with van der Waals surface area (Å²) >= 11 is 0. The van der Waals surface area contributed by atoms with Crippen molar-refractivity contribution in [2.75, 3.05) is 13.2 Å². The molecule has 1 aliphatic heterocycles. The molecule has 0 unspecified atom stereocenters. The summed E-state index contributed by atoms with van der Waals surface area (Å²) in [5.74, 6) is 0. The van der Waals surface area contributed by atoms with E-state index in [2.05, 4.69) is 6.92 Å². The molecule has 0 amide bonds. The molecular formula is C11H15LiO. The van der Waals surface area contributed by atoms with Crippen LogP contribution in [-0.2, 0) is 4.74 Å². The molecule has 1 nitrogen and oxygen atoms in total. The number of rotatable bonds is 0. The maximum atomic E-state index is 4.94. The maximum Gasteiger partial charge on any atom is 1.00 e. The van der Waals surface area contributed by atoms with Gasteiger partial charge in [0.15, 0.2) is 0 Å². The van der Waals surface area contributed by atoms with Crippen LogP contribution < -0.4 is 18.9 Å². The average molecular weight is 170 g/mol. The van der Waals surface area contributed by atoms with Crippen molar-refractivity contribution < 1.29 is 23.6 Å². The predicted octanol–water partition coefficient (Wildman–Crippen LogP) is -0.330. The number of ether oxygens (including phenoxy) is 1. The molecule has 0 bridgehead atoms. The molecule has 1 heterocycles. The molecule has 1 aliphatic rings. The third kappa shape index (κ3) is 6.78. The van der Waals surface area contributed by atoms with Crippen LogP contribution in [0.2, 0.25) is 0 Å². The van der Waals surface area contributed by atoms with Gasteiger partial charge in [0.2, 0.25) is 0 Å². The third-order valence-electron chi connectivity index (χ3n) is 1.67. The van der Waals surface area contributed by atoms with Gasteiger partial charge in [0.1, 0.15) is 0 Å². The first-order valence-corrected chi connectivity index (χ1v) is 4.34. The largest absolute Gasteiger partial charge is 1.00 e. The molecule has 1 aromatic carbocycles. The van der Waals surface area contributed by atoms with E-state index in [1.807, 2.05) is 30.3 Å². The van der Waals surface area contributed by atoms with E-state index >= 15 is 0 Å². The molecule has 1 fully saturated rings. The Bertz CT molecular complexity index is 187. The minimum Gasteiger partial charge on any atom is -0.381 e. The summed E-state index contributed by atoms with van der Waals surface area (Å²) < 4.78 is 4.94. The van der Waals surface area contributed by atoms with E-state index in [-0.39, 0.29) is 18.9 Å². The number of benzene rings is 1. The Labute approximate surface area is 92.7 Å². The Morgan fingerprint density at radius 1 is 1.00 bits per heavy atom. The summed E-state index contributed by atoms with van der Waals surface area (Å²) in [6.07, 6.45) is 2.56. The van der Waals surface area contributed by atoms with Crippen molar-refractivity contribution in [1.82, 2.24) is 0 Å². The minimum absolute atomic E-state index is 0. The van der Waals surface area contributed by atoms with E-state index in [1.165, 1.54) is 12.8 Å². The summed E-state index contributed by atoms with van der Waals surface area (Å²) in [5, 5.41) is 0. The van der Waals surface area contributed by atoms with Gasteiger partial charge < -0.3 is 4.74 Å². The third-order valence-corrected chi connectivity index (χ3v) is 1.67. The molecule has 0 aromatic heterocycles. The standard InChI is InChI=1S/C7H7.C4H8O.Li/c1-7-5-3-2-4-6-7;1-2-4-5-3-1;/h2-6H,1H2;1-4H2;/q-1;;+1. The Hall–Kier alpha value is -0.353. The van der Waals surface area contributed by atoms with Crippen LogP contribution >= 0.6 is 0 Å². The second-order valence-corrected chi connectivity index (χ2v) is 2.81. The first-order chi connectivity index (χ1) is 5.89. The molecule has 0 atom stereocenters. The molecule has 0 saturated carbocycles. The van der Waals surface area contributed by atoms with Crippen molar-refractivity contribution in [2.45, 2.75) is 12.8 Å². The second kappa shape index (κ2) is 8.25. The van der Waals surface area contributed by atoms with Gasteiger partial charge in [-0.15, -0.1) is 12.1 Å². The molecule has 2 heteroatoms. The van der Waals surface area contributed by atoms with Gasteiger partial charge in [0, 0.05) is 13.2 Å². The first kappa shape index (κ1) is 12.6. The molecule has 2 rings (SSSR count). The van der Waals surface area contributed by atoms with Gasteiger partial charge in [0.05, 0.1) is 0 Å². The normalized spacial score (nSPS) is 13.8. The Morgan fingerprint density at radius 2 is 1.54 bits per heavy atom. The van der Waals surface area contributed by atoms with Crippen LogP contribution in [0.3, 0.4) is 0 Å². The first-order valence-electron chi connectivity index (χ1n) is 4.34. The van der Waals surface area contributed by atoms with E-state index in [0.29, 0.717) is 0 Å². The van der Waals surface area contributed by atoms with Crippen LogP contribution in [0, 0.1) is 6.92 Å². The number of hydrogen-bond acceptors (Lipinski definition) is 1. The molecule has 0 aliphatic carbocycles. The molecular weight excluding hydrogens is 155 g/mol. The van der Waals surface area contributed by atoms with Crippen molar-refractivity contribution in [2.24, 2.45) is 0 Å². The average Bonchev–Trinajstić information content (AvgIpc) is 2.62. The fourth-order valence-corrected chi connectivity index (χ4v) is 0.988. The van der Waals surface area contributed by atoms with Crippen LogP contribution in [0.15, 0.2) is 30.3 Å². The van der Waals surface area contributed by atoms with E-state index < -0.39 is 0 Å². The molecule has 66 valence electrons. The smallest absolute Gasteiger partial charge is 0.381 e. The van der Waals surface area contributed by atoms with Crippen LogP contribution in [0.25, 0.3) is 0 Å². The zero-order valence-electron chi connectivity index (χ0n) is 8.33. The molecule has 13 heavy (non-hydrogen) atoms. The summed E-state index contributed by atoms with van der Waals surface area (Å²) in [6, 6.07) is 9.87.